The molecule has 7 heteroatoms. The Bertz CT molecular complexity index is 867. The molecular weight excluding hydrogens is 346 g/mol. The lowest BCUT2D eigenvalue weighted by Gasteiger charge is -2.17. The molecule has 1 aliphatic rings. The van der Waals surface area contributed by atoms with Crippen LogP contribution in [0, 0.1) is 23.0 Å². The largest absolute Gasteiger partial charge is 0.352 e. The normalized spacial score (nSPS) is 16.4. The zero-order valence-corrected chi connectivity index (χ0v) is 15.1. The zero-order valence-electron chi connectivity index (χ0n) is 15.1. The van der Waals surface area contributed by atoms with Gasteiger partial charge in [0.2, 0.25) is 5.91 Å². The minimum atomic E-state index is -0.497. The van der Waals surface area contributed by atoms with E-state index in [1.807, 2.05) is 30.3 Å². The molecule has 1 heterocycles. The van der Waals surface area contributed by atoms with Gasteiger partial charge in [-0.05, 0) is 18.6 Å². The van der Waals surface area contributed by atoms with Crippen molar-refractivity contribution in [3.8, 4) is 0 Å². The summed E-state index contributed by atoms with van der Waals surface area (Å²) in [7, 11) is 0. The Morgan fingerprint density at radius 2 is 1.96 bits per heavy atom. The number of hydrogen-bond donors (Lipinski definition) is 1. The third kappa shape index (κ3) is 4.31. The Kier molecular flexibility index (Phi) is 5.49. The van der Waals surface area contributed by atoms with E-state index in [1.54, 1.807) is 17.9 Å². The highest BCUT2D eigenvalue weighted by Crippen LogP contribution is 2.22. The van der Waals surface area contributed by atoms with Gasteiger partial charge in [-0.1, -0.05) is 36.4 Å². The summed E-state index contributed by atoms with van der Waals surface area (Å²) in [5.74, 6) is -0.251. The molecule has 1 N–H and O–H groups in total. The Hall–Kier alpha value is -3.22. The van der Waals surface area contributed by atoms with E-state index < -0.39 is 4.92 Å². The van der Waals surface area contributed by atoms with Crippen molar-refractivity contribution in [2.45, 2.75) is 19.9 Å². The molecule has 27 heavy (non-hydrogen) atoms. The van der Waals surface area contributed by atoms with Crippen LogP contribution in [0.5, 0.6) is 0 Å². The smallest absolute Gasteiger partial charge is 0.273 e. The Balaban J connectivity index is 1.58. The summed E-state index contributed by atoms with van der Waals surface area (Å²) in [5, 5.41) is 13.8. The summed E-state index contributed by atoms with van der Waals surface area (Å²) in [6, 6.07) is 14.2. The van der Waals surface area contributed by atoms with Crippen molar-refractivity contribution < 1.29 is 14.5 Å². The maximum absolute atomic E-state index is 12.4. The van der Waals surface area contributed by atoms with Crippen molar-refractivity contribution >= 4 is 17.5 Å². The summed E-state index contributed by atoms with van der Waals surface area (Å²) >= 11 is 0. The van der Waals surface area contributed by atoms with E-state index in [9.17, 15) is 19.7 Å². The second-order valence-electron chi connectivity index (χ2n) is 6.75. The van der Waals surface area contributed by atoms with Gasteiger partial charge in [0.25, 0.3) is 11.6 Å². The zero-order chi connectivity index (χ0) is 19.4. The maximum Gasteiger partial charge on any atom is 0.273 e. The van der Waals surface area contributed by atoms with Crippen LogP contribution >= 0.6 is 0 Å². The minimum Gasteiger partial charge on any atom is -0.352 e. The van der Waals surface area contributed by atoms with E-state index in [-0.39, 0.29) is 29.0 Å². The number of hydrogen-bond acceptors (Lipinski definition) is 4. The predicted molar refractivity (Wildman–Crippen MR) is 100 cm³/mol. The van der Waals surface area contributed by atoms with Crippen LogP contribution in [0.3, 0.4) is 0 Å². The molecule has 7 nitrogen and oxygen atoms in total. The lowest BCUT2D eigenvalue weighted by molar-refractivity contribution is -0.385. The first-order valence-electron chi connectivity index (χ1n) is 8.79. The van der Waals surface area contributed by atoms with Crippen LogP contribution in [0.15, 0.2) is 48.5 Å². The van der Waals surface area contributed by atoms with E-state index in [0.717, 1.165) is 5.56 Å². The van der Waals surface area contributed by atoms with Crippen LogP contribution in [0.4, 0.5) is 5.69 Å². The Morgan fingerprint density at radius 3 is 2.67 bits per heavy atom. The van der Waals surface area contributed by atoms with Gasteiger partial charge in [0.1, 0.15) is 0 Å². The quantitative estimate of drug-likeness (QED) is 0.627. The Labute approximate surface area is 157 Å². The van der Waals surface area contributed by atoms with E-state index in [1.165, 1.54) is 12.1 Å². The second-order valence-corrected chi connectivity index (χ2v) is 6.75. The van der Waals surface area contributed by atoms with Gasteiger partial charge in [-0.25, -0.2) is 0 Å². The first-order chi connectivity index (χ1) is 13.0. The molecule has 3 rings (SSSR count). The van der Waals surface area contributed by atoms with E-state index in [0.29, 0.717) is 31.6 Å². The van der Waals surface area contributed by atoms with E-state index in [2.05, 4.69) is 5.32 Å². The van der Waals surface area contributed by atoms with E-state index >= 15 is 0 Å². The fourth-order valence-electron chi connectivity index (χ4n) is 3.35. The molecule has 2 aromatic rings. The van der Waals surface area contributed by atoms with Gasteiger partial charge in [-0.3, -0.25) is 19.7 Å². The molecule has 1 aliphatic heterocycles. The number of nitrogens with zero attached hydrogens (tertiary/aromatic N) is 2. The first kappa shape index (κ1) is 18.6. The molecule has 0 bridgehead atoms. The number of carbonyl (C=O) groups is 2. The molecule has 0 spiro atoms. The summed E-state index contributed by atoms with van der Waals surface area (Å²) in [4.78, 5) is 37.0. The highest BCUT2D eigenvalue weighted by molar-refractivity contribution is 5.96. The van der Waals surface area contributed by atoms with Crippen molar-refractivity contribution in [1.82, 2.24) is 10.2 Å². The average molecular weight is 367 g/mol. The van der Waals surface area contributed by atoms with Gasteiger partial charge in [0.05, 0.1) is 4.92 Å². The van der Waals surface area contributed by atoms with Crippen molar-refractivity contribution in [1.29, 1.82) is 0 Å². The highest BCUT2D eigenvalue weighted by atomic mass is 16.6. The molecule has 2 amide bonds. The average Bonchev–Trinajstić information content (AvgIpc) is 3.00. The fraction of sp³-hybridized carbons (Fsp3) is 0.300. The van der Waals surface area contributed by atoms with Crippen molar-refractivity contribution in [3.05, 3.63) is 75.3 Å². The number of nitro groups is 1. The van der Waals surface area contributed by atoms with E-state index in [4.69, 9.17) is 0 Å². The second kappa shape index (κ2) is 7.99. The van der Waals surface area contributed by atoms with Crippen molar-refractivity contribution in [2.75, 3.05) is 13.1 Å². The van der Waals surface area contributed by atoms with Gasteiger partial charge in [-0.15, -0.1) is 0 Å². The van der Waals surface area contributed by atoms with Crippen LogP contribution in [0.25, 0.3) is 0 Å². The lowest BCUT2D eigenvalue weighted by Crippen LogP contribution is -2.31. The molecule has 1 saturated heterocycles. The summed E-state index contributed by atoms with van der Waals surface area (Å²) in [6.45, 7) is 3.07. The predicted octanol–water partition coefficient (Wildman–Crippen LogP) is 2.68. The standard InChI is InChI=1S/C20H21N3O4/c1-14-17(8-5-9-18(14)23(26)27)20(25)21-11-16-10-19(24)22(13-16)12-15-6-3-2-4-7-15/h2-9,16H,10-13H2,1H3,(H,21,25). The third-order valence-corrected chi connectivity index (χ3v) is 4.81. The van der Waals surface area contributed by atoms with Crippen LogP contribution in [-0.2, 0) is 11.3 Å². The van der Waals surface area contributed by atoms with Gasteiger partial charge >= 0.3 is 0 Å². The van der Waals surface area contributed by atoms with Gasteiger partial charge < -0.3 is 10.2 Å². The van der Waals surface area contributed by atoms with Crippen LogP contribution in [0.2, 0.25) is 0 Å². The minimum absolute atomic E-state index is 0.0316. The van der Waals surface area contributed by atoms with Gasteiger partial charge in [-0.2, -0.15) is 0 Å². The topological polar surface area (TPSA) is 92.6 Å². The number of nitrogens with one attached hydrogen (secondary N) is 1. The molecule has 0 aromatic heterocycles. The maximum atomic E-state index is 12.4. The summed E-state index contributed by atoms with van der Waals surface area (Å²) < 4.78 is 0. The number of nitro benzene ring substituents is 1. The number of carbonyl (C=O) groups excluding carboxylic acids is 2. The highest BCUT2D eigenvalue weighted by Gasteiger charge is 2.30. The molecular formula is C20H21N3O4. The molecule has 1 atom stereocenters. The van der Waals surface area contributed by atoms with Gasteiger partial charge in [0, 0.05) is 49.2 Å². The number of benzene rings is 2. The SMILES string of the molecule is Cc1c(C(=O)NCC2CC(=O)N(Cc3ccccc3)C2)cccc1[N+](=O)[O-]. The van der Waals surface area contributed by atoms with Gasteiger partial charge in [0.15, 0.2) is 0 Å². The Morgan fingerprint density at radius 1 is 1.22 bits per heavy atom. The molecule has 0 saturated carbocycles. The summed E-state index contributed by atoms with van der Waals surface area (Å²) in [5.41, 5.74) is 1.62. The molecule has 1 fully saturated rings. The third-order valence-electron chi connectivity index (χ3n) is 4.81. The summed E-state index contributed by atoms with van der Waals surface area (Å²) in [6.07, 6.45) is 0.390. The molecule has 0 aliphatic carbocycles. The number of amides is 2. The lowest BCUT2D eigenvalue weighted by atomic mass is 10.1. The molecule has 2 aromatic carbocycles. The molecule has 0 radical (unpaired) electrons. The van der Waals surface area contributed by atoms with Crippen LogP contribution < -0.4 is 5.32 Å². The van der Waals surface area contributed by atoms with Crippen molar-refractivity contribution in [2.24, 2.45) is 5.92 Å². The van der Waals surface area contributed by atoms with Crippen LogP contribution in [0.1, 0.15) is 27.9 Å². The fourth-order valence-corrected chi connectivity index (χ4v) is 3.35. The van der Waals surface area contributed by atoms with Crippen LogP contribution in [-0.4, -0.2) is 34.7 Å². The molecule has 1 unspecified atom stereocenters. The molecule has 140 valence electrons. The monoisotopic (exact) mass is 367 g/mol. The first-order valence-corrected chi connectivity index (χ1v) is 8.79. The number of likely N-dealkylation sites (tertiary alicyclic amines) is 1. The number of rotatable bonds is 6. The van der Waals surface area contributed by atoms with Crippen molar-refractivity contribution in [3.63, 3.8) is 0 Å².